The molecule has 0 heterocycles. The van der Waals surface area contributed by atoms with Gasteiger partial charge in [-0.05, 0) is 12.3 Å². The van der Waals surface area contributed by atoms with E-state index < -0.39 is 0 Å². The SMILES string of the molecule is CCCCCCOC(=O)C(C)([SiH3])C(C)CCC. The lowest BCUT2D eigenvalue weighted by Gasteiger charge is -2.29. The van der Waals surface area contributed by atoms with Crippen molar-refractivity contribution in [2.45, 2.75) is 71.3 Å². The number of rotatable bonds is 9. The first-order valence-corrected chi connectivity index (χ1v) is 8.14. The number of unbranched alkanes of at least 4 members (excludes halogenated alkanes) is 3. The maximum atomic E-state index is 12.0. The maximum Gasteiger partial charge on any atom is 0.308 e. The Balaban J connectivity index is 3.94. The van der Waals surface area contributed by atoms with E-state index in [0.717, 1.165) is 29.5 Å². The van der Waals surface area contributed by atoms with Crippen molar-refractivity contribution in [2.24, 2.45) is 5.92 Å². The highest BCUT2D eigenvalue weighted by Gasteiger charge is 2.34. The van der Waals surface area contributed by atoms with Gasteiger partial charge in [-0.15, -0.1) is 0 Å². The van der Waals surface area contributed by atoms with Crippen LogP contribution in [0.4, 0.5) is 0 Å². The van der Waals surface area contributed by atoms with Crippen molar-refractivity contribution in [2.75, 3.05) is 6.61 Å². The topological polar surface area (TPSA) is 26.3 Å². The van der Waals surface area contributed by atoms with Gasteiger partial charge in [0.15, 0.2) is 0 Å². The first-order chi connectivity index (χ1) is 7.96. The third kappa shape index (κ3) is 6.25. The molecule has 0 fully saturated rings. The van der Waals surface area contributed by atoms with Crippen LogP contribution < -0.4 is 0 Å². The molecular weight excluding hydrogens is 228 g/mol. The van der Waals surface area contributed by atoms with E-state index in [2.05, 4.69) is 27.7 Å². The van der Waals surface area contributed by atoms with E-state index in [9.17, 15) is 4.79 Å². The smallest absolute Gasteiger partial charge is 0.308 e. The molecule has 17 heavy (non-hydrogen) atoms. The third-order valence-electron chi connectivity index (χ3n) is 3.71. The molecule has 0 radical (unpaired) electrons. The van der Waals surface area contributed by atoms with Gasteiger partial charge in [0.2, 0.25) is 0 Å². The number of ether oxygens (including phenoxy) is 1. The standard InChI is InChI=1S/C14H30O2Si/c1-5-7-8-9-11-16-13(15)14(4,17)12(3)10-6-2/h12H,5-11H2,1-4,17H3. The van der Waals surface area contributed by atoms with Gasteiger partial charge in [-0.25, -0.2) is 0 Å². The molecule has 0 aromatic heterocycles. The number of esters is 1. The molecule has 0 N–H and O–H groups in total. The first-order valence-electron chi connectivity index (χ1n) is 7.14. The van der Waals surface area contributed by atoms with E-state index in [-0.39, 0.29) is 11.0 Å². The summed E-state index contributed by atoms with van der Waals surface area (Å²) in [6.45, 7) is 9.20. The van der Waals surface area contributed by atoms with E-state index in [1.807, 2.05) is 0 Å². The van der Waals surface area contributed by atoms with Crippen LogP contribution in [0.15, 0.2) is 0 Å². The summed E-state index contributed by atoms with van der Waals surface area (Å²) in [5, 5.41) is -0.208. The monoisotopic (exact) mass is 258 g/mol. The van der Waals surface area contributed by atoms with Crippen LogP contribution in [-0.4, -0.2) is 22.8 Å². The van der Waals surface area contributed by atoms with Crippen LogP contribution in [-0.2, 0) is 9.53 Å². The normalized spacial score (nSPS) is 16.5. The molecule has 0 saturated heterocycles. The summed E-state index contributed by atoms with van der Waals surface area (Å²) in [4.78, 5) is 12.0. The summed E-state index contributed by atoms with van der Waals surface area (Å²) >= 11 is 0. The Bertz CT molecular complexity index is 214. The Morgan fingerprint density at radius 3 is 2.41 bits per heavy atom. The average Bonchev–Trinajstić information content (AvgIpc) is 2.28. The molecule has 0 rings (SSSR count). The van der Waals surface area contributed by atoms with Crippen molar-refractivity contribution >= 4 is 16.2 Å². The molecule has 0 aliphatic heterocycles. The second kappa shape index (κ2) is 8.73. The molecule has 0 spiro atoms. The van der Waals surface area contributed by atoms with Gasteiger partial charge in [0, 0.05) is 10.2 Å². The van der Waals surface area contributed by atoms with Crippen LogP contribution >= 0.6 is 0 Å². The van der Waals surface area contributed by atoms with Gasteiger partial charge in [-0.2, -0.15) is 0 Å². The van der Waals surface area contributed by atoms with E-state index in [0.29, 0.717) is 12.5 Å². The molecule has 0 aromatic rings. The second-order valence-electron chi connectivity index (χ2n) is 5.61. The summed E-state index contributed by atoms with van der Waals surface area (Å²) < 4.78 is 5.42. The lowest BCUT2D eigenvalue weighted by Crippen LogP contribution is -2.30. The van der Waals surface area contributed by atoms with Crippen molar-refractivity contribution in [3.05, 3.63) is 0 Å². The van der Waals surface area contributed by atoms with Gasteiger partial charge < -0.3 is 4.74 Å². The van der Waals surface area contributed by atoms with E-state index in [1.165, 1.54) is 19.3 Å². The summed E-state index contributed by atoms with van der Waals surface area (Å²) in [7, 11) is 0.875. The fourth-order valence-electron chi connectivity index (χ4n) is 1.87. The average molecular weight is 258 g/mol. The summed E-state index contributed by atoms with van der Waals surface area (Å²) in [6, 6.07) is 0. The fraction of sp³-hybridized carbons (Fsp3) is 0.929. The maximum absolute atomic E-state index is 12.0. The molecular formula is C14H30O2Si. The Hall–Kier alpha value is -0.313. The fourth-order valence-corrected chi connectivity index (χ4v) is 2.31. The molecule has 0 saturated carbocycles. The highest BCUT2D eigenvalue weighted by Crippen LogP contribution is 2.35. The number of hydrogen-bond acceptors (Lipinski definition) is 2. The largest absolute Gasteiger partial charge is 0.466 e. The lowest BCUT2D eigenvalue weighted by atomic mass is 9.90. The number of hydrogen-bond donors (Lipinski definition) is 0. The molecule has 102 valence electrons. The molecule has 2 unspecified atom stereocenters. The number of carbonyl (C=O) groups is 1. The molecule has 0 bridgehead atoms. The van der Waals surface area contributed by atoms with Gasteiger partial charge >= 0.3 is 5.97 Å². The van der Waals surface area contributed by atoms with Crippen LogP contribution in [0.25, 0.3) is 0 Å². The van der Waals surface area contributed by atoms with Gasteiger partial charge in [0.25, 0.3) is 0 Å². The molecule has 3 heteroatoms. The Morgan fingerprint density at radius 2 is 1.88 bits per heavy atom. The van der Waals surface area contributed by atoms with Gasteiger partial charge in [0.1, 0.15) is 0 Å². The molecule has 0 aromatic carbocycles. The van der Waals surface area contributed by atoms with Crippen LogP contribution in [0.3, 0.4) is 0 Å². The molecule has 2 atom stereocenters. The molecule has 0 aliphatic rings. The zero-order valence-electron chi connectivity index (χ0n) is 12.3. The first kappa shape index (κ1) is 16.7. The molecule has 2 nitrogen and oxygen atoms in total. The molecule has 0 amide bonds. The van der Waals surface area contributed by atoms with Gasteiger partial charge in [-0.3, -0.25) is 4.79 Å². The summed E-state index contributed by atoms with van der Waals surface area (Å²) in [5.41, 5.74) is 0. The zero-order valence-corrected chi connectivity index (χ0v) is 14.3. The van der Waals surface area contributed by atoms with Crippen molar-refractivity contribution in [3.8, 4) is 0 Å². The quantitative estimate of drug-likeness (QED) is 0.361. The second-order valence-corrected chi connectivity index (χ2v) is 7.69. The van der Waals surface area contributed by atoms with Crippen molar-refractivity contribution in [3.63, 3.8) is 0 Å². The highest BCUT2D eigenvalue weighted by molar-refractivity contribution is 6.26. The predicted molar refractivity (Wildman–Crippen MR) is 77.5 cm³/mol. The molecule has 0 aliphatic carbocycles. The van der Waals surface area contributed by atoms with Crippen LogP contribution in [0.1, 0.15) is 66.2 Å². The van der Waals surface area contributed by atoms with Crippen molar-refractivity contribution in [1.29, 1.82) is 0 Å². The summed E-state index contributed by atoms with van der Waals surface area (Å²) in [5.74, 6) is 0.476. The minimum absolute atomic E-state index is 0.0293. The Morgan fingerprint density at radius 1 is 1.24 bits per heavy atom. The summed E-state index contributed by atoms with van der Waals surface area (Å²) in [6.07, 6.45) is 6.90. The lowest BCUT2D eigenvalue weighted by molar-refractivity contribution is -0.148. The van der Waals surface area contributed by atoms with Crippen molar-refractivity contribution < 1.29 is 9.53 Å². The minimum Gasteiger partial charge on any atom is -0.466 e. The van der Waals surface area contributed by atoms with Crippen molar-refractivity contribution in [1.82, 2.24) is 0 Å². The Kier molecular flexibility index (Phi) is 8.57. The van der Waals surface area contributed by atoms with Crippen LogP contribution in [0.2, 0.25) is 5.04 Å². The van der Waals surface area contributed by atoms with E-state index >= 15 is 0 Å². The van der Waals surface area contributed by atoms with E-state index in [1.54, 1.807) is 0 Å². The van der Waals surface area contributed by atoms with E-state index in [4.69, 9.17) is 4.74 Å². The van der Waals surface area contributed by atoms with Gasteiger partial charge in [-0.1, -0.05) is 59.8 Å². The van der Waals surface area contributed by atoms with Crippen LogP contribution in [0, 0.1) is 5.92 Å². The number of carbonyl (C=O) groups excluding carboxylic acids is 1. The van der Waals surface area contributed by atoms with Crippen LogP contribution in [0.5, 0.6) is 0 Å². The zero-order chi connectivity index (χ0) is 13.3. The van der Waals surface area contributed by atoms with Gasteiger partial charge in [0.05, 0.1) is 11.6 Å². The third-order valence-corrected chi connectivity index (χ3v) is 5.10. The highest BCUT2D eigenvalue weighted by atomic mass is 28.1. The minimum atomic E-state index is -0.208. The Labute approximate surface area is 110 Å². The predicted octanol–water partition coefficient (Wildman–Crippen LogP) is 3.09.